The van der Waals surface area contributed by atoms with Crippen LogP contribution in [0.3, 0.4) is 0 Å². The van der Waals surface area contributed by atoms with Crippen LogP contribution in [0.1, 0.15) is 5.56 Å². The van der Waals surface area contributed by atoms with Gasteiger partial charge in [0.25, 0.3) is 0 Å². The third-order valence-corrected chi connectivity index (χ3v) is 4.16. The van der Waals surface area contributed by atoms with E-state index in [0.717, 1.165) is 26.9 Å². The topological polar surface area (TPSA) is 53.1 Å². The lowest BCUT2D eigenvalue weighted by Gasteiger charge is -2.09. The second kappa shape index (κ2) is 4.83. The van der Waals surface area contributed by atoms with Crippen molar-refractivity contribution >= 4 is 32.9 Å². The van der Waals surface area contributed by atoms with Gasteiger partial charge in [0.05, 0.1) is 23.8 Å². The highest BCUT2D eigenvalue weighted by Crippen LogP contribution is 2.28. The van der Waals surface area contributed by atoms with E-state index >= 15 is 0 Å². The van der Waals surface area contributed by atoms with Crippen LogP contribution in [-0.4, -0.2) is 16.7 Å². The predicted molar refractivity (Wildman–Crippen MR) is 84.5 cm³/mol. The first kappa shape index (κ1) is 13.0. The van der Waals surface area contributed by atoms with Crippen molar-refractivity contribution in [3.8, 4) is 11.4 Å². The molecule has 0 saturated carbocycles. The summed E-state index contributed by atoms with van der Waals surface area (Å²) in [5.41, 5.74) is 9.98. The van der Waals surface area contributed by atoms with E-state index in [1.165, 1.54) is 5.56 Å². The highest BCUT2D eigenvalue weighted by molar-refractivity contribution is 9.10. The second-order valence-corrected chi connectivity index (χ2v) is 5.45. The second-order valence-electron chi connectivity index (χ2n) is 4.59. The van der Waals surface area contributed by atoms with E-state index in [-0.39, 0.29) is 0 Å². The molecule has 2 N–H and O–H groups in total. The molecule has 4 nitrogen and oxygen atoms in total. The predicted octanol–water partition coefficient (Wildman–Crippen LogP) is 3.69. The van der Waals surface area contributed by atoms with Gasteiger partial charge < -0.3 is 10.5 Å². The number of aromatic nitrogens is 2. The summed E-state index contributed by atoms with van der Waals surface area (Å²) in [5.74, 6) is 1.24. The van der Waals surface area contributed by atoms with Gasteiger partial charge in [-0.15, -0.1) is 0 Å². The maximum absolute atomic E-state index is 6.06. The normalized spacial score (nSPS) is 10.9. The first-order valence-electron chi connectivity index (χ1n) is 6.18. The third kappa shape index (κ3) is 2.04. The van der Waals surface area contributed by atoms with Crippen LogP contribution in [0.15, 0.2) is 40.9 Å². The van der Waals surface area contributed by atoms with Crippen LogP contribution in [0.2, 0.25) is 0 Å². The molecular weight excluding hydrogens is 318 g/mol. The molecule has 0 spiro atoms. The van der Waals surface area contributed by atoms with Crippen molar-refractivity contribution in [2.45, 2.75) is 6.92 Å². The van der Waals surface area contributed by atoms with E-state index in [4.69, 9.17) is 10.5 Å². The monoisotopic (exact) mass is 331 g/mol. The lowest BCUT2D eigenvalue weighted by Crippen LogP contribution is -2.00. The summed E-state index contributed by atoms with van der Waals surface area (Å²) in [5, 5.41) is 0. The summed E-state index contributed by atoms with van der Waals surface area (Å²) in [4.78, 5) is 4.39. The maximum Gasteiger partial charge on any atom is 0.205 e. The largest absolute Gasteiger partial charge is 0.497 e. The van der Waals surface area contributed by atoms with E-state index in [2.05, 4.69) is 20.9 Å². The third-order valence-electron chi connectivity index (χ3n) is 3.30. The molecule has 0 unspecified atom stereocenters. The first-order valence-corrected chi connectivity index (χ1v) is 6.98. The summed E-state index contributed by atoms with van der Waals surface area (Å²) in [7, 11) is 1.65. The van der Waals surface area contributed by atoms with E-state index in [1.807, 2.05) is 47.9 Å². The average molecular weight is 332 g/mol. The lowest BCUT2D eigenvalue weighted by atomic mass is 10.2. The van der Waals surface area contributed by atoms with Gasteiger partial charge in [-0.1, -0.05) is 22.0 Å². The Labute approximate surface area is 125 Å². The Morgan fingerprint density at radius 3 is 2.70 bits per heavy atom. The van der Waals surface area contributed by atoms with Gasteiger partial charge in [0.1, 0.15) is 5.75 Å². The van der Waals surface area contributed by atoms with Gasteiger partial charge in [-0.25, -0.2) is 4.98 Å². The Morgan fingerprint density at radius 1 is 1.20 bits per heavy atom. The number of methoxy groups -OCH3 is 1. The SMILES string of the molecule is COc1ccc2nc(N)n(-c3ccc(C)c(Br)c3)c2c1. The minimum absolute atomic E-state index is 0.462. The van der Waals surface area contributed by atoms with Gasteiger partial charge in [0, 0.05) is 10.5 Å². The molecule has 0 fully saturated rings. The molecule has 0 aliphatic heterocycles. The van der Waals surface area contributed by atoms with E-state index in [0.29, 0.717) is 5.95 Å². The minimum atomic E-state index is 0.462. The number of aryl methyl sites for hydroxylation is 1. The highest BCUT2D eigenvalue weighted by atomic mass is 79.9. The summed E-state index contributed by atoms with van der Waals surface area (Å²) >= 11 is 3.55. The van der Waals surface area contributed by atoms with Crippen molar-refractivity contribution in [2.75, 3.05) is 12.8 Å². The smallest absolute Gasteiger partial charge is 0.205 e. The summed E-state index contributed by atoms with van der Waals surface area (Å²) in [6.45, 7) is 2.05. The molecule has 20 heavy (non-hydrogen) atoms. The zero-order valence-electron chi connectivity index (χ0n) is 11.2. The van der Waals surface area contributed by atoms with Gasteiger partial charge in [-0.05, 0) is 36.8 Å². The Hall–Kier alpha value is -2.01. The fourth-order valence-corrected chi connectivity index (χ4v) is 2.56. The fourth-order valence-electron chi connectivity index (χ4n) is 2.19. The zero-order chi connectivity index (χ0) is 14.3. The van der Waals surface area contributed by atoms with Gasteiger partial charge in [0.2, 0.25) is 5.95 Å². The summed E-state index contributed by atoms with van der Waals surface area (Å²) in [6, 6.07) is 11.8. The van der Waals surface area contributed by atoms with Crippen molar-refractivity contribution < 1.29 is 4.74 Å². The fraction of sp³-hybridized carbons (Fsp3) is 0.133. The van der Waals surface area contributed by atoms with Crippen LogP contribution in [0, 0.1) is 6.92 Å². The molecule has 0 radical (unpaired) electrons. The van der Waals surface area contributed by atoms with Crippen LogP contribution < -0.4 is 10.5 Å². The molecule has 5 heteroatoms. The molecule has 0 amide bonds. The molecule has 1 heterocycles. The number of imidazole rings is 1. The maximum atomic E-state index is 6.06. The number of anilines is 1. The number of halogens is 1. The molecule has 0 aliphatic carbocycles. The number of rotatable bonds is 2. The molecule has 2 aromatic carbocycles. The quantitative estimate of drug-likeness (QED) is 0.779. The van der Waals surface area contributed by atoms with Gasteiger partial charge >= 0.3 is 0 Å². The van der Waals surface area contributed by atoms with Gasteiger partial charge in [0.15, 0.2) is 0 Å². The molecule has 0 aliphatic rings. The number of nitrogens with two attached hydrogens (primary N) is 1. The van der Waals surface area contributed by atoms with Crippen LogP contribution in [0.5, 0.6) is 5.75 Å². The minimum Gasteiger partial charge on any atom is -0.497 e. The van der Waals surface area contributed by atoms with Crippen molar-refractivity contribution in [1.82, 2.24) is 9.55 Å². The molecule has 0 saturated heterocycles. The summed E-state index contributed by atoms with van der Waals surface area (Å²) in [6.07, 6.45) is 0. The Kier molecular flexibility index (Phi) is 3.14. The van der Waals surface area contributed by atoms with Crippen molar-refractivity contribution in [2.24, 2.45) is 0 Å². The van der Waals surface area contributed by atoms with Crippen molar-refractivity contribution in [3.63, 3.8) is 0 Å². The first-order chi connectivity index (χ1) is 9.60. The average Bonchev–Trinajstić information content (AvgIpc) is 2.77. The molecule has 1 aromatic heterocycles. The van der Waals surface area contributed by atoms with Crippen LogP contribution in [0.4, 0.5) is 5.95 Å². The van der Waals surface area contributed by atoms with Crippen molar-refractivity contribution in [1.29, 1.82) is 0 Å². The van der Waals surface area contributed by atoms with Crippen LogP contribution in [0.25, 0.3) is 16.7 Å². The number of nitrogens with zero attached hydrogens (tertiary/aromatic N) is 2. The van der Waals surface area contributed by atoms with Crippen LogP contribution >= 0.6 is 15.9 Å². The van der Waals surface area contributed by atoms with E-state index in [1.54, 1.807) is 7.11 Å². The van der Waals surface area contributed by atoms with Crippen molar-refractivity contribution in [3.05, 3.63) is 46.4 Å². The number of hydrogen-bond donors (Lipinski definition) is 1. The van der Waals surface area contributed by atoms with Gasteiger partial charge in [-0.3, -0.25) is 4.57 Å². The molecule has 3 rings (SSSR count). The Balaban J connectivity index is 2.28. The molecule has 3 aromatic rings. The lowest BCUT2D eigenvalue weighted by molar-refractivity contribution is 0.415. The molecular formula is C15H14BrN3O. The van der Waals surface area contributed by atoms with E-state index < -0.39 is 0 Å². The molecule has 0 atom stereocenters. The van der Waals surface area contributed by atoms with Gasteiger partial charge in [-0.2, -0.15) is 0 Å². The van der Waals surface area contributed by atoms with Crippen LogP contribution in [-0.2, 0) is 0 Å². The number of fused-ring (bicyclic) bond motifs is 1. The number of nitrogen functional groups attached to an aromatic ring is 1. The highest BCUT2D eigenvalue weighted by Gasteiger charge is 2.11. The summed E-state index contributed by atoms with van der Waals surface area (Å²) < 4.78 is 8.23. The zero-order valence-corrected chi connectivity index (χ0v) is 12.8. The number of benzene rings is 2. The standard InChI is InChI=1S/C15H14BrN3O/c1-9-3-4-10(7-12(9)16)19-14-8-11(20-2)5-6-13(14)18-15(19)17/h3-8H,1-2H3,(H2,17,18). The Morgan fingerprint density at radius 2 is 2.00 bits per heavy atom. The number of hydrogen-bond acceptors (Lipinski definition) is 3. The molecule has 102 valence electrons. The Bertz CT molecular complexity index is 795. The number of ether oxygens (including phenoxy) is 1. The molecule has 0 bridgehead atoms. The van der Waals surface area contributed by atoms with E-state index in [9.17, 15) is 0 Å².